The SMILES string of the molecule is N=C(N)NCCCC[C@H](NC(=O)[C@H]1CCCN1C(=O)CCCCCN)C(=O)N[C@@H](Cc1cccc2ccccc12)C(=O)N[C@@H](CCCNC(=N)N)C(=O)P(Oc1ccccc1)Oc1ccccc1. The van der Waals surface area contributed by atoms with Gasteiger partial charge in [0.1, 0.15) is 29.6 Å². The molecule has 68 heavy (non-hydrogen) atoms. The Kier molecular flexibility index (Phi) is 21.3. The highest BCUT2D eigenvalue weighted by Gasteiger charge is 2.38. The van der Waals surface area contributed by atoms with Crippen LogP contribution in [-0.4, -0.2) is 96.3 Å². The predicted molar refractivity (Wildman–Crippen MR) is 265 cm³/mol. The fourth-order valence-electron chi connectivity index (χ4n) is 7.93. The number of para-hydroxylation sites is 2. The van der Waals surface area contributed by atoms with Crippen LogP contribution in [0, 0.1) is 10.8 Å². The Morgan fingerprint density at radius 2 is 1.25 bits per heavy atom. The average molecular weight is 952 g/mol. The van der Waals surface area contributed by atoms with Crippen molar-refractivity contribution in [3.63, 3.8) is 0 Å². The number of unbranched alkanes of at least 4 members (excludes halogenated alkanes) is 3. The zero-order valence-corrected chi connectivity index (χ0v) is 39.3. The summed E-state index contributed by atoms with van der Waals surface area (Å²) in [6, 6.07) is 26.4. The van der Waals surface area contributed by atoms with E-state index in [1.165, 1.54) is 0 Å². The molecule has 0 aliphatic carbocycles. The van der Waals surface area contributed by atoms with Crippen LogP contribution in [0.25, 0.3) is 10.8 Å². The lowest BCUT2D eigenvalue weighted by atomic mass is 9.97. The van der Waals surface area contributed by atoms with E-state index in [4.69, 9.17) is 37.1 Å². The molecule has 1 heterocycles. The number of nitrogens with one attached hydrogen (secondary N) is 7. The predicted octanol–water partition coefficient (Wildman–Crippen LogP) is 4.26. The topological polar surface area (TPSA) is 293 Å². The molecule has 13 N–H and O–H groups in total. The summed E-state index contributed by atoms with van der Waals surface area (Å²) in [6.45, 7) is 1.55. The number of fused-ring (bicyclic) bond motifs is 1. The number of carbonyl (C=O) groups excluding carboxylic acids is 5. The van der Waals surface area contributed by atoms with Gasteiger partial charge in [-0.05, 0) is 105 Å². The van der Waals surface area contributed by atoms with Gasteiger partial charge in [0.05, 0.1) is 6.04 Å². The number of hydrogen-bond acceptors (Lipinski definition) is 10. The number of nitrogens with zero attached hydrogens (tertiary/aromatic N) is 1. The maximum absolute atomic E-state index is 14.9. The van der Waals surface area contributed by atoms with Crippen LogP contribution in [0.3, 0.4) is 0 Å². The summed E-state index contributed by atoms with van der Waals surface area (Å²) in [5.74, 6) is -1.58. The van der Waals surface area contributed by atoms with Crippen molar-refractivity contribution < 1.29 is 33.0 Å². The van der Waals surface area contributed by atoms with E-state index < -0.39 is 55.8 Å². The largest absolute Gasteiger partial charge is 0.433 e. The Balaban J connectivity index is 1.44. The smallest absolute Gasteiger partial charge is 0.367 e. The molecule has 4 aromatic rings. The summed E-state index contributed by atoms with van der Waals surface area (Å²) >= 11 is 0. The van der Waals surface area contributed by atoms with Crippen molar-refractivity contribution in [1.29, 1.82) is 10.8 Å². The Hall–Kier alpha value is -6.78. The van der Waals surface area contributed by atoms with Crippen LogP contribution >= 0.6 is 8.38 Å². The van der Waals surface area contributed by atoms with Gasteiger partial charge in [-0.15, -0.1) is 0 Å². The second-order valence-corrected chi connectivity index (χ2v) is 17.9. The molecule has 1 aliphatic heterocycles. The molecule has 1 aliphatic rings. The molecule has 4 amide bonds. The maximum atomic E-state index is 14.9. The third kappa shape index (κ3) is 16.8. The van der Waals surface area contributed by atoms with Gasteiger partial charge in [-0.2, -0.15) is 0 Å². The van der Waals surface area contributed by atoms with Crippen LogP contribution in [0.15, 0.2) is 103 Å². The molecule has 364 valence electrons. The second-order valence-electron chi connectivity index (χ2n) is 16.6. The van der Waals surface area contributed by atoms with Crippen molar-refractivity contribution in [3.05, 3.63) is 109 Å². The maximum Gasteiger partial charge on any atom is 0.367 e. The third-order valence-corrected chi connectivity index (χ3v) is 12.8. The number of nitrogens with two attached hydrogens (primary N) is 3. The van der Waals surface area contributed by atoms with Gasteiger partial charge >= 0.3 is 8.38 Å². The molecule has 0 aromatic heterocycles. The van der Waals surface area contributed by atoms with E-state index in [2.05, 4.69) is 26.6 Å². The van der Waals surface area contributed by atoms with E-state index in [1.54, 1.807) is 53.4 Å². The van der Waals surface area contributed by atoms with E-state index in [-0.39, 0.29) is 50.1 Å². The van der Waals surface area contributed by atoms with E-state index in [0.29, 0.717) is 69.7 Å². The molecule has 1 saturated heterocycles. The Bertz CT molecular complexity index is 2240. The standard InChI is InChI=1S/C49H66N11O7P/c50-29-12-3-8-28-43(61)60-32-16-27-42(60)46(64)57-39(25-11-13-30-55-48(51)52)44(62)59-41(33-35-19-14-18-34-17-9-10-24-38(34)35)45(63)58-40(26-15-31-56-49(53)54)47(65)68(66-36-20-4-1-5-21-36)67-37-22-6-2-7-23-37/h1-2,4-7,9-10,14,17-24,39-42H,3,8,11-13,15-16,25-33,50H2,(H,57,64)(H,58,63)(H,59,62)(H4,51,52,55)(H4,53,54,56)/t39-,40-,41-,42+/m0/s1. The minimum Gasteiger partial charge on any atom is -0.433 e. The number of guanidine groups is 2. The summed E-state index contributed by atoms with van der Waals surface area (Å²) in [5.41, 5.74) is 16.9. The van der Waals surface area contributed by atoms with E-state index in [9.17, 15) is 24.0 Å². The summed E-state index contributed by atoms with van der Waals surface area (Å²) < 4.78 is 12.4. The quantitative estimate of drug-likeness (QED) is 0.0165. The monoisotopic (exact) mass is 951 g/mol. The lowest BCUT2D eigenvalue weighted by molar-refractivity contribution is -0.140. The molecule has 5 rings (SSSR count). The van der Waals surface area contributed by atoms with Gasteiger partial charge in [-0.1, -0.05) is 85.3 Å². The van der Waals surface area contributed by atoms with E-state index in [0.717, 1.165) is 29.2 Å². The molecule has 19 heteroatoms. The van der Waals surface area contributed by atoms with Crippen LogP contribution < -0.4 is 52.8 Å². The first-order valence-electron chi connectivity index (χ1n) is 23.3. The minimum absolute atomic E-state index is 0.0137. The van der Waals surface area contributed by atoms with Gasteiger partial charge in [-0.25, -0.2) is 0 Å². The number of benzene rings is 4. The molecule has 0 spiro atoms. The molecule has 0 radical (unpaired) electrons. The Morgan fingerprint density at radius 3 is 1.91 bits per heavy atom. The number of hydrogen-bond donors (Lipinski definition) is 10. The van der Waals surface area contributed by atoms with Crippen LogP contribution in [0.2, 0.25) is 0 Å². The second kappa shape index (κ2) is 27.8. The van der Waals surface area contributed by atoms with E-state index in [1.807, 2.05) is 54.6 Å². The fraction of sp³-hybridized carbons (Fsp3) is 0.408. The lowest BCUT2D eigenvalue weighted by Gasteiger charge is -2.28. The molecule has 0 saturated carbocycles. The van der Waals surface area contributed by atoms with Gasteiger partial charge in [0.25, 0.3) is 5.52 Å². The summed E-state index contributed by atoms with van der Waals surface area (Å²) in [4.78, 5) is 73.2. The highest BCUT2D eigenvalue weighted by Crippen LogP contribution is 2.42. The van der Waals surface area contributed by atoms with Crippen molar-refractivity contribution in [2.45, 2.75) is 101 Å². The molecule has 4 atom stereocenters. The van der Waals surface area contributed by atoms with Gasteiger partial charge in [0, 0.05) is 32.5 Å². The van der Waals surface area contributed by atoms with Gasteiger partial charge in [-0.3, -0.25) is 34.8 Å². The lowest BCUT2D eigenvalue weighted by Crippen LogP contribution is -2.58. The van der Waals surface area contributed by atoms with Crippen LogP contribution in [0.4, 0.5) is 0 Å². The number of rotatable bonds is 28. The van der Waals surface area contributed by atoms with Crippen molar-refractivity contribution in [3.8, 4) is 11.5 Å². The normalized spacial score (nSPS) is 14.6. The summed E-state index contributed by atoms with van der Waals surface area (Å²) in [6.07, 6.45) is 5.14. The first-order chi connectivity index (χ1) is 32.9. The van der Waals surface area contributed by atoms with Crippen molar-refractivity contribution in [2.75, 3.05) is 26.2 Å². The third-order valence-electron chi connectivity index (χ3n) is 11.4. The summed E-state index contributed by atoms with van der Waals surface area (Å²) in [7, 11) is -2.37. The number of carbonyl (C=O) groups is 5. The molecular weight excluding hydrogens is 886 g/mol. The first-order valence-corrected chi connectivity index (χ1v) is 24.4. The van der Waals surface area contributed by atoms with Crippen molar-refractivity contribution in [2.24, 2.45) is 17.2 Å². The fourth-order valence-corrected chi connectivity index (χ4v) is 9.22. The molecule has 0 bridgehead atoms. The molecule has 1 fully saturated rings. The Labute approximate surface area is 399 Å². The highest BCUT2D eigenvalue weighted by atomic mass is 31.2. The van der Waals surface area contributed by atoms with E-state index >= 15 is 0 Å². The average Bonchev–Trinajstić information content (AvgIpc) is 3.84. The molecular formula is C49H66N11O7P. The zero-order valence-electron chi connectivity index (χ0n) is 38.4. The summed E-state index contributed by atoms with van der Waals surface area (Å²) in [5, 5.41) is 31.2. The zero-order chi connectivity index (χ0) is 48.7. The van der Waals surface area contributed by atoms with Crippen molar-refractivity contribution in [1.82, 2.24) is 31.5 Å². The number of amides is 4. The van der Waals surface area contributed by atoms with Gasteiger partial charge < -0.3 is 57.7 Å². The van der Waals surface area contributed by atoms with Gasteiger partial charge in [0.15, 0.2) is 11.9 Å². The molecule has 0 unspecified atom stereocenters. The minimum atomic E-state index is -2.37. The van der Waals surface area contributed by atoms with Crippen molar-refractivity contribution >= 4 is 60.2 Å². The van der Waals surface area contributed by atoms with Crippen LogP contribution in [0.1, 0.15) is 76.2 Å². The molecule has 18 nitrogen and oxygen atoms in total. The number of likely N-dealkylation sites (tertiary alicyclic amines) is 1. The highest BCUT2D eigenvalue weighted by molar-refractivity contribution is 7.67. The van der Waals surface area contributed by atoms with Crippen LogP contribution in [0.5, 0.6) is 11.5 Å². The molecule has 4 aromatic carbocycles. The van der Waals surface area contributed by atoms with Gasteiger partial charge in [0.2, 0.25) is 23.6 Å². The van der Waals surface area contributed by atoms with Crippen LogP contribution in [-0.2, 0) is 30.4 Å². The first kappa shape index (κ1) is 52.2. The Morgan fingerprint density at radius 1 is 0.662 bits per heavy atom.